The molecule has 0 saturated heterocycles. The third-order valence-electron chi connectivity index (χ3n) is 3.32. The molecule has 0 aliphatic heterocycles. The van der Waals surface area contributed by atoms with Crippen molar-refractivity contribution in [1.82, 2.24) is 0 Å². The van der Waals surface area contributed by atoms with Crippen LogP contribution in [0.1, 0.15) is 28.4 Å². The molecular formula is C18H18O3. The molecular weight excluding hydrogens is 264 g/mol. The summed E-state index contributed by atoms with van der Waals surface area (Å²) in [5.74, 6) is 1.48. The zero-order chi connectivity index (χ0) is 15.2. The lowest BCUT2D eigenvalue weighted by atomic mass is 10.0. The third-order valence-corrected chi connectivity index (χ3v) is 3.32. The fourth-order valence-corrected chi connectivity index (χ4v) is 2.19. The molecule has 0 spiro atoms. The Labute approximate surface area is 124 Å². The number of rotatable bonds is 5. The van der Waals surface area contributed by atoms with E-state index < -0.39 is 0 Å². The number of benzene rings is 2. The quantitative estimate of drug-likeness (QED) is 0.612. The smallest absolute Gasteiger partial charge is 0.150 e. The van der Waals surface area contributed by atoms with Crippen molar-refractivity contribution >= 4 is 17.9 Å². The predicted molar refractivity (Wildman–Crippen MR) is 84.9 cm³/mol. The van der Waals surface area contributed by atoms with E-state index in [1.54, 1.807) is 20.3 Å². The van der Waals surface area contributed by atoms with E-state index in [2.05, 4.69) is 0 Å². The molecule has 0 unspecified atom stereocenters. The summed E-state index contributed by atoms with van der Waals surface area (Å²) in [4.78, 5) is 11.2. The van der Waals surface area contributed by atoms with Crippen molar-refractivity contribution < 1.29 is 14.3 Å². The standard InChI is InChI=1S/C18H18O3/c1-13(17-6-4-5-7-18(17)21-3)10-14-8-9-16(20-2)11-15(14)12-19/h4-12H,1-3H3/b13-10-. The highest BCUT2D eigenvalue weighted by atomic mass is 16.5. The van der Waals surface area contributed by atoms with Crippen LogP contribution in [-0.4, -0.2) is 20.5 Å². The fraction of sp³-hybridized carbons (Fsp3) is 0.167. The highest BCUT2D eigenvalue weighted by molar-refractivity contribution is 5.89. The van der Waals surface area contributed by atoms with Crippen LogP contribution in [0, 0.1) is 0 Å². The summed E-state index contributed by atoms with van der Waals surface area (Å²) >= 11 is 0. The maximum Gasteiger partial charge on any atom is 0.150 e. The molecule has 3 nitrogen and oxygen atoms in total. The third kappa shape index (κ3) is 3.31. The SMILES string of the molecule is COc1ccc(/C=C(/C)c2ccccc2OC)c(C=O)c1. The molecule has 0 fully saturated rings. The van der Waals surface area contributed by atoms with Crippen molar-refractivity contribution in [1.29, 1.82) is 0 Å². The Morgan fingerprint density at radius 3 is 2.43 bits per heavy atom. The van der Waals surface area contributed by atoms with E-state index in [0.717, 1.165) is 28.7 Å². The van der Waals surface area contributed by atoms with Crippen LogP contribution in [0.25, 0.3) is 11.6 Å². The van der Waals surface area contributed by atoms with Gasteiger partial charge < -0.3 is 9.47 Å². The Balaban J connectivity index is 2.45. The summed E-state index contributed by atoms with van der Waals surface area (Å²) < 4.78 is 10.5. The van der Waals surface area contributed by atoms with Crippen molar-refractivity contribution in [2.45, 2.75) is 6.92 Å². The predicted octanol–water partition coefficient (Wildman–Crippen LogP) is 4.08. The van der Waals surface area contributed by atoms with Crippen LogP contribution >= 0.6 is 0 Å². The Morgan fingerprint density at radius 1 is 1.00 bits per heavy atom. The van der Waals surface area contributed by atoms with Gasteiger partial charge in [-0.1, -0.05) is 30.3 Å². The minimum atomic E-state index is 0.601. The van der Waals surface area contributed by atoms with Crippen LogP contribution in [0.15, 0.2) is 42.5 Å². The number of hydrogen-bond acceptors (Lipinski definition) is 3. The zero-order valence-corrected chi connectivity index (χ0v) is 12.4. The number of hydrogen-bond donors (Lipinski definition) is 0. The molecule has 2 aromatic rings. The minimum Gasteiger partial charge on any atom is -0.497 e. The molecule has 3 heteroatoms. The maximum absolute atomic E-state index is 11.2. The summed E-state index contributed by atoms with van der Waals surface area (Å²) in [5.41, 5.74) is 3.49. The highest BCUT2D eigenvalue weighted by Crippen LogP contribution is 2.28. The first kappa shape index (κ1) is 14.9. The molecule has 2 aromatic carbocycles. The molecule has 0 N–H and O–H groups in total. The lowest BCUT2D eigenvalue weighted by Crippen LogP contribution is -1.92. The van der Waals surface area contributed by atoms with E-state index in [1.165, 1.54) is 0 Å². The minimum absolute atomic E-state index is 0.601. The van der Waals surface area contributed by atoms with Gasteiger partial charge in [0.25, 0.3) is 0 Å². The van der Waals surface area contributed by atoms with Gasteiger partial charge in [0, 0.05) is 11.1 Å². The average Bonchev–Trinajstić information content (AvgIpc) is 2.55. The number of aldehydes is 1. The molecule has 0 bridgehead atoms. The summed E-state index contributed by atoms with van der Waals surface area (Å²) in [6.45, 7) is 2.00. The van der Waals surface area contributed by atoms with Gasteiger partial charge in [-0.05, 0) is 36.3 Å². The van der Waals surface area contributed by atoms with Gasteiger partial charge in [0.05, 0.1) is 14.2 Å². The molecule has 0 heterocycles. The lowest BCUT2D eigenvalue weighted by Gasteiger charge is -2.09. The fourth-order valence-electron chi connectivity index (χ4n) is 2.19. The Morgan fingerprint density at radius 2 is 1.76 bits per heavy atom. The van der Waals surface area contributed by atoms with E-state index >= 15 is 0 Å². The summed E-state index contributed by atoms with van der Waals surface area (Å²) in [7, 11) is 3.23. The van der Waals surface area contributed by atoms with Gasteiger partial charge in [-0.3, -0.25) is 4.79 Å². The molecule has 0 aromatic heterocycles. The largest absolute Gasteiger partial charge is 0.497 e. The second-order valence-corrected chi connectivity index (χ2v) is 4.64. The van der Waals surface area contributed by atoms with Crippen LogP contribution in [0.3, 0.4) is 0 Å². The molecule has 0 radical (unpaired) electrons. The van der Waals surface area contributed by atoms with Gasteiger partial charge >= 0.3 is 0 Å². The number of methoxy groups -OCH3 is 2. The van der Waals surface area contributed by atoms with E-state index in [-0.39, 0.29) is 0 Å². The number of carbonyl (C=O) groups is 1. The highest BCUT2D eigenvalue weighted by Gasteiger charge is 2.06. The van der Waals surface area contributed by atoms with Gasteiger partial charge in [0.2, 0.25) is 0 Å². The molecule has 2 rings (SSSR count). The van der Waals surface area contributed by atoms with Crippen molar-refractivity contribution in [2.75, 3.05) is 14.2 Å². The van der Waals surface area contributed by atoms with Gasteiger partial charge in [-0.2, -0.15) is 0 Å². The molecule has 0 amide bonds. The van der Waals surface area contributed by atoms with Crippen LogP contribution < -0.4 is 9.47 Å². The molecule has 0 aliphatic carbocycles. The van der Waals surface area contributed by atoms with E-state index in [1.807, 2.05) is 49.4 Å². The van der Waals surface area contributed by atoms with E-state index in [9.17, 15) is 4.79 Å². The number of ether oxygens (including phenoxy) is 2. The molecule has 0 aliphatic rings. The Hall–Kier alpha value is -2.55. The summed E-state index contributed by atoms with van der Waals surface area (Å²) in [6, 6.07) is 13.3. The summed E-state index contributed by atoms with van der Waals surface area (Å²) in [5, 5.41) is 0. The zero-order valence-electron chi connectivity index (χ0n) is 12.4. The van der Waals surface area contributed by atoms with Crippen LogP contribution in [0.5, 0.6) is 11.5 Å². The van der Waals surface area contributed by atoms with Crippen molar-refractivity contribution in [3.05, 3.63) is 59.2 Å². The van der Waals surface area contributed by atoms with Gasteiger partial charge in [-0.15, -0.1) is 0 Å². The molecule has 108 valence electrons. The van der Waals surface area contributed by atoms with Gasteiger partial charge in [0.1, 0.15) is 11.5 Å². The van der Waals surface area contributed by atoms with E-state index in [4.69, 9.17) is 9.47 Å². The number of carbonyl (C=O) groups excluding carboxylic acids is 1. The van der Waals surface area contributed by atoms with E-state index in [0.29, 0.717) is 11.3 Å². The van der Waals surface area contributed by atoms with Crippen molar-refractivity contribution in [3.63, 3.8) is 0 Å². The van der Waals surface area contributed by atoms with Crippen LogP contribution in [-0.2, 0) is 0 Å². The average molecular weight is 282 g/mol. The number of allylic oxidation sites excluding steroid dienone is 1. The molecule has 21 heavy (non-hydrogen) atoms. The van der Waals surface area contributed by atoms with Gasteiger partial charge in [0.15, 0.2) is 6.29 Å². The normalized spacial score (nSPS) is 11.1. The molecule has 0 atom stereocenters. The topological polar surface area (TPSA) is 35.5 Å². The first-order chi connectivity index (χ1) is 10.2. The Kier molecular flexibility index (Phi) is 4.77. The first-order valence-electron chi connectivity index (χ1n) is 6.64. The lowest BCUT2D eigenvalue weighted by molar-refractivity contribution is 0.112. The summed E-state index contributed by atoms with van der Waals surface area (Å²) in [6.07, 6.45) is 2.81. The monoisotopic (exact) mass is 282 g/mol. The number of para-hydroxylation sites is 1. The maximum atomic E-state index is 11.2. The van der Waals surface area contributed by atoms with Crippen LogP contribution in [0.2, 0.25) is 0 Å². The first-order valence-corrected chi connectivity index (χ1v) is 6.64. The van der Waals surface area contributed by atoms with Crippen LogP contribution in [0.4, 0.5) is 0 Å². The van der Waals surface area contributed by atoms with Crippen molar-refractivity contribution in [2.24, 2.45) is 0 Å². The second kappa shape index (κ2) is 6.75. The van der Waals surface area contributed by atoms with Crippen molar-refractivity contribution in [3.8, 4) is 11.5 Å². The second-order valence-electron chi connectivity index (χ2n) is 4.64. The van der Waals surface area contributed by atoms with Gasteiger partial charge in [-0.25, -0.2) is 0 Å². The Bertz CT molecular complexity index is 672. The molecule has 0 saturated carbocycles.